The molecule has 0 saturated heterocycles. The summed E-state index contributed by atoms with van der Waals surface area (Å²) in [6, 6.07) is 10.0. The van der Waals surface area contributed by atoms with Crippen molar-refractivity contribution in [3.8, 4) is 5.75 Å². The molecule has 2 aromatic rings. The number of nitrogens with one attached hydrogen (secondary N) is 1. The third kappa shape index (κ3) is 4.35. The molecule has 0 heterocycles. The molecule has 1 amide bonds. The summed E-state index contributed by atoms with van der Waals surface area (Å²) >= 11 is 0. The fourth-order valence-electron chi connectivity index (χ4n) is 1.85. The van der Waals surface area contributed by atoms with E-state index in [1.807, 2.05) is 6.92 Å². The van der Waals surface area contributed by atoms with Crippen LogP contribution in [0.1, 0.15) is 29.8 Å². The van der Waals surface area contributed by atoms with Crippen LogP contribution in [-0.2, 0) is 0 Å². The summed E-state index contributed by atoms with van der Waals surface area (Å²) in [5, 5.41) is 3.90. The third-order valence-corrected chi connectivity index (χ3v) is 3.09. The maximum absolute atomic E-state index is 13.2. The van der Waals surface area contributed by atoms with Gasteiger partial charge in [0.2, 0.25) is 0 Å². The normalized spacial score (nSPS) is 11.2. The van der Waals surface area contributed by atoms with E-state index in [9.17, 15) is 13.6 Å². The highest BCUT2D eigenvalue weighted by Crippen LogP contribution is 2.12. The van der Waals surface area contributed by atoms with E-state index in [4.69, 9.17) is 4.74 Å². The van der Waals surface area contributed by atoms with Crippen LogP contribution in [0.15, 0.2) is 47.6 Å². The molecule has 0 fully saturated rings. The lowest BCUT2D eigenvalue weighted by atomic mass is 10.1. The SMILES string of the molecule is CCOc1ccc(C(=O)N/N=C(/C)c2ccc(F)c(F)c2)cc1. The highest BCUT2D eigenvalue weighted by atomic mass is 19.2. The molecule has 0 radical (unpaired) electrons. The van der Waals surface area contributed by atoms with Crippen molar-refractivity contribution in [2.45, 2.75) is 13.8 Å². The number of nitrogens with zero attached hydrogens (tertiary/aromatic N) is 1. The van der Waals surface area contributed by atoms with E-state index < -0.39 is 17.5 Å². The lowest BCUT2D eigenvalue weighted by Gasteiger charge is -2.05. The van der Waals surface area contributed by atoms with Gasteiger partial charge in [-0.1, -0.05) is 0 Å². The first kappa shape index (κ1) is 16.6. The average Bonchev–Trinajstić information content (AvgIpc) is 2.56. The summed E-state index contributed by atoms with van der Waals surface area (Å²) in [5.74, 6) is -1.63. The number of halogens is 2. The Morgan fingerprint density at radius 3 is 2.35 bits per heavy atom. The Balaban J connectivity index is 2.05. The summed E-state index contributed by atoms with van der Waals surface area (Å²) in [7, 11) is 0. The summed E-state index contributed by atoms with van der Waals surface area (Å²) < 4.78 is 31.4. The largest absolute Gasteiger partial charge is 0.494 e. The van der Waals surface area contributed by atoms with Crippen molar-refractivity contribution in [2.24, 2.45) is 5.10 Å². The highest BCUT2D eigenvalue weighted by Gasteiger charge is 2.07. The molecule has 23 heavy (non-hydrogen) atoms. The van der Waals surface area contributed by atoms with Gasteiger partial charge in [-0.3, -0.25) is 4.79 Å². The van der Waals surface area contributed by atoms with Crippen LogP contribution in [0.4, 0.5) is 8.78 Å². The zero-order chi connectivity index (χ0) is 16.8. The minimum atomic E-state index is -0.963. The summed E-state index contributed by atoms with van der Waals surface area (Å²) in [6.45, 7) is 4.00. The predicted octanol–water partition coefficient (Wildman–Crippen LogP) is 3.52. The number of carbonyl (C=O) groups excluding carboxylic acids is 1. The molecule has 0 aliphatic rings. The zero-order valence-electron chi connectivity index (χ0n) is 12.8. The second-order valence-corrected chi connectivity index (χ2v) is 4.72. The van der Waals surface area contributed by atoms with Gasteiger partial charge in [0.25, 0.3) is 5.91 Å². The van der Waals surface area contributed by atoms with Gasteiger partial charge < -0.3 is 4.74 Å². The monoisotopic (exact) mass is 318 g/mol. The van der Waals surface area contributed by atoms with Crippen LogP contribution in [-0.4, -0.2) is 18.2 Å². The van der Waals surface area contributed by atoms with Gasteiger partial charge in [-0.15, -0.1) is 0 Å². The number of carbonyl (C=O) groups is 1. The molecule has 0 aromatic heterocycles. The second-order valence-electron chi connectivity index (χ2n) is 4.72. The zero-order valence-corrected chi connectivity index (χ0v) is 12.8. The van der Waals surface area contributed by atoms with Crippen molar-refractivity contribution in [3.63, 3.8) is 0 Å². The van der Waals surface area contributed by atoms with Crippen molar-refractivity contribution >= 4 is 11.6 Å². The van der Waals surface area contributed by atoms with Gasteiger partial charge in [0.15, 0.2) is 11.6 Å². The number of benzene rings is 2. The molecule has 0 unspecified atom stereocenters. The second kappa shape index (κ2) is 7.49. The molecule has 4 nitrogen and oxygen atoms in total. The summed E-state index contributed by atoms with van der Waals surface area (Å²) in [6.07, 6.45) is 0. The molecule has 120 valence electrons. The van der Waals surface area contributed by atoms with E-state index in [0.29, 0.717) is 29.2 Å². The smallest absolute Gasteiger partial charge is 0.271 e. The molecule has 0 saturated carbocycles. The number of ether oxygens (including phenoxy) is 1. The number of hydrogen-bond acceptors (Lipinski definition) is 3. The van der Waals surface area contributed by atoms with Crippen LogP contribution in [0.25, 0.3) is 0 Å². The Kier molecular flexibility index (Phi) is 5.41. The van der Waals surface area contributed by atoms with Crippen LogP contribution >= 0.6 is 0 Å². The first-order chi connectivity index (χ1) is 11.0. The summed E-state index contributed by atoms with van der Waals surface area (Å²) in [4.78, 5) is 12.0. The van der Waals surface area contributed by atoms with E-state index in [2.05, 4.69) is 10.5 Å². The fourth-order valence-corrected chi connectivity index (χ4v) is 1.85. The van der Waals surface area contributed by atoms with Gasteiger partial charge in [-0.25, -0.2) is 14.2 Å². The van der Waals surface area contributed by atoms with Gasteiger partial charge in [0.1, 0.15) is 5.75 Å². The lowest BCUT2D eigenvalue weighted by molar-refractivity contribution is 0.0955. The Hall–Kier alpha value is -2.76. The number of hydrogen-bond donors (Lipinski definition) is 1. The molecular formula is C17H16F2N2O2. The molecule has 0 atom stereocenters. The quantitative estimate of drug-likeness (QED) is 0.677. The third-order valence-electron chi connectivity index (χ3n) is 3.09. The molecule has 6 heteroatoms. The molecule has 0 spiro atoms. The van der Waals surface area contributed by atoms with Gasteiger partial charge >= 0.3 is 0 Å². The van der Waals surface area contributed by atoms with Crippen molar-refractivity contribution in [3.05, 3.63) is 65.2 Å². The highest BCUT2D eigenvalue weighted by molar-refractivity contribution is 6.00. The van der Waals surface area contributed by atoms with Gasteiger partial charge in [-0.2, -0.15) is 5.10 Å². The Morgan fingerprint density at radius 2 is 1.74 bits per heavy atom. The fraction of sp³-hybridized carbons (Fsp3) is 0.176. The average molecular weight is 318 g/mol. The maximum atomic E-state index is 13.2. The number of hydrazone groups is 1. The van der Waals surface area contributed by atoms with Crippen molar-refractivity contribution in [2.75, 3.05) is 6.61 Å². The molecular weight excluding hydrogens is 302 g/mol. The van der Waals surface area contributed by atoms with Gasteiger partial charge in [0.05, 0.1) is 12.3 Å². The van der Waals surface area contributed by atoms with Gasteiger partial charge in [0, 0.05) is 11.1 Å². The van der Waals surface area contributed by atoms with Crippen LogP contribution in [0.2, 0.25) is 0 Å². The van der Waals surface area contributed by atoms with Crippen LogP contribution in [0.3, 0.4) is 0 Å². The molecule has 0 aliphatic heterocycles. The van der Waals surface area contributed by atoms with E-state index in [1.165, 1.54) is 6.07 Å². The van der Waals surface area contributed by atoms with Crippen molar-refractivity contribution in [1.29, 1.82) is 0 Å². The Labute approximate surface area is 132 Å². The first-order valence-electron chi connectivity index (χ1n) is 7.04. The number of amides is 1. The van der Waals surface area contributed by atoms with Crippen LogP contribution < -0.4 is 10.2 Å². The first-order valence-corrected chi connectivity index (χ1v) is 7.04. The minimum Gasteiger partial charge on any atom is -0.494 e. The Morgan fingerprint density at radius 1 is 1.09 bits per heavy atom. The maximum Gasteiger partial charge on any atom is 0.271 e. The predicted molar refractivity (Wildman–Crippen MR) is 83.6 cm³/mol. The van der Waals surface area contributed by atoms with E-state index in [-0.39, 0.29) is 0 Å². The minimum absolute atomic E-state index is 0.364. The molecule has 0 aliphatic carbocycles. The topological polar surface area (TPSA) is 50.7 Å². The Bertz CT molecular complexity index is 728. The van der Waals surface area contributed by atoms with Crippen LogP contribution in [0, 0.1) is 11.6 Å². The number of rotatable bonds is 5. The molecule has 1 N–H and O–H groups in total. The molecule has 2 aromatic carbocycles. The van der Waals surface area contributed by atoms with Crippen LogP contribution in [0.5, 0.6) is 5.75 Å². The van der Waals surface area contributed by atoms with Crippen molar-refractivity contribution in [1.82, 2.24) is 5.43 Å². The van der Waals surface area contributed by atoms with Crippen molar-refractivity contribution < 1.29 is 18.3 Å². The van der Waals surface area contributed by atoms with E-state index in [1.54, 1.807) is 31.2 Å². The molecule has 2 rings (SSSR count). The van der Waals surface area contributed by atoms with Gasteiger partial charge in [-0.05, 0) is 56.3 Å². The van der Waals surface area contributed by atoms with E-state index >= 15 is 0 Å². The van der Waals surface area contributed by atoms with E-state index in [0.717, 1.165) is 12.1 Å². The standard InChI is InChI=1S/C17H16F2N2O2/c1-3-23-14-7-4-12(5-8-14)17(22)21-20-11(2)13-6-9-15(18)16(19)10-13/h4-10H,3H2,1-2H3,(H,21,22)/b20-11-. The summed E-state index contributed by atoms with van der Waals surface area (Å²) in [5.41, 5.74) is 3.54. The lowest BCUT2D eigenvalue weighted by Crippen LogP contribution is -2.19. The molecule has 0 bridgehead atoms.